The minimum atomic E-state index is -0.447. The summed E-state index contributed by atoms with van der Waals surface area (Å²) < 4.78 is 0. The molecule has 2 aliphatic rings. The molecular formula is C25H25N3O2S. The second-order valence-corrected chi connectivity index (χ2v) is 9.19. The number of nitrogens with one attached hydrogen (secondary N) is 1. The second-order valence-electron chi connectivity index (χ2n) is 8.21. The Morgan fingerprint density at radius 3 is 2.61 bits per heavy atom. The summed E-state index contributed by atoms with van der Waals surface area (Å²) in [6.07, 6.45) is 5.98. The summed E-state index contributed by atoms with van der Waals surface area (Å²) in [5.74, 6) is -0.460. The fourth-order valence-electron chi connectivity index (χ4n) is 4.97. The second kappa shape index (κ2) is 8.63. The zero-order valence-corrected chi connectivity index (χ0v) is 18.1. The fraction of sp³-hybridized carbons (Fsp3) is 0.320. The van der Waals surface area contributed by atoms with Gasteiger partial charge in [0.05, 0.1) is 24.2 Å². The molecule has 1 saturated carbocycles. The van der Waals surface area contributed by atoms with Crippen LogP contribution in [0.25, 0.3) is 0 Å². The zero-order chi connectivity index (χ0) is 21.2. The number of hydrogen-bond acceptors (Lipinski definition) is 4. The van der Waals surface area contributed by atoms with Crippen molar-refractivity contribution in [1.29, 1.82) is 0 Å². The van der Waals surface area contributed by atoms with Crippen molar-refractivity contribution in [3.05, 3.63) is 87.9 Å². The summed E-state index contributed by atoms with van der Waals surface area (Å²) >= 11 is 1.62. The van der Waals surface area contributed by atoms with Crippen molar-refractivity contribution < 1.29 is 9.59 Å². The van der Waals surface area contributed by atoms with E-state index in [1.807, 2.05) is 58.8 Å². The predicted molar refractivity (Wildman–Crippen MR) is 121 cm³/mol. The Balaban J connectivity index is 1.56. The lowest BCUT2D eigenvalue weighted by Gasteiger charge is -2.44. The molecule has 0 radical (unpaired) electrons. The van der Waals surface area contributed by atoms with Crippen molar-refractivity contribution in [1.82, 2.24) is 15.2 Å². The molecule has 2 atom stereocenters. The van der Waals surface area contributed by atoms with E-state index >= 15 is 0 Å². The van der Waals surface area contributed by atoms with Gasteiger partial charge >= 0.3 is 0 Å². The van der Waals surface area contributed by atoms with E-state index in [9.17, 15) is 9.59 Å². The van der Waals surface area contributed by atoms with Gasteiger partial charge in [0.25, 0.3) is 5.91 Å². The van der Waals surface area contributed by atoms with E-state index in [-0.39, 0.29) is 23.9 Å². The van der Waals surface area contributed by atoms with E-state index in [0.29, 0.717) is 12.1 Å². The van der Waals surface area contributed by atoms with Crippen molar-refractivity contribution in [2.75, 3.05) is 0 Å². The molecule has 5 rings (SSSR count). The Morgan fingerprint density at radius 2 is 1.87 bits per heavy atom. The highest BCUT2D eigenvalue weighted by molar-refractivity contribution is 7.10. The van der Waals surface area contributed by atoms with E-state index in [2.05, 4.69) is 16.4 Å². The summed E-state index contributed by atoms with van der Waals surface area (Å²) in [5, 5.41) is 5.12. The first kappa shape index (κ1) is 19.9. The van der Waals surface area contributed by atoms with Gasteiger partial charge in [-0.2, -0.15) is 0 Å². The highest BCUT2D eigenvalue weighted by Gasteiger charge is 2.47. The summed E-state index contributed by atoms with van der Waals surface area (Å²) in [4.78, 5) is 34.7. The topological polar surface area (TPSA) is 62.3 Å². The van der Waals surface area contributed by atoms with Crippen LogP contribution in [0.4, 0.5) is 0 Å². The van der Waals surface area contributed by atoms with Crippen LogP contribution in [0.15, 0.2) is 66.2 Å². The number of benzene rings is 1. The van der Waals surface area contributed by atoms with Gasteiger partial charge in [0.15, 0.2) is 0 Å². The Labute approximate surface area is 186 Å². The average molecular weight is 432 g/mol. The lowest BCUT2D eigenvalue weighted by atomic mass is 9.80. The van der Waals surface area contributed by atoms with Gasteiger partial charge in [0.2, 0.25) is 5.91 Å². The van der Waals surface area contributed by atoms with Crippen molar-refractivity contribution >= 4 is 23.2 Å². The van der Waals surface area contributed by atoms with Gasteiger partial charge in [-0.05, 0) is 48.1 Å². The highest BCUT2D eigenvalue weighted by atomic mass is 32.1. The first-order valence-electron chi connectivity index (χ1n) is 10.9. The average Bonchev–Trinajstić information content (AvgIpc) is 3.52. The molecule has 0 bridgehead atoms. The van der Waals surface area contributed by atoms with Crippen LogP contribution < -0.4 is 5.32 Å². The molecule has 1 fully saturated rings. The molecule has 1 aliphatic heterocycles. The van der Waals surface area contributed by atoms with Crippen LogP contribution in [0, 0.1) is 0 Å². The van der Waals surface area contributed by atoms with Gasteiger partial charge in [-0.15, -0.1) is 11.3 Å². The van der Waals surface area contributed by atoms with Crippen LogP contribution >= 0.6 is 11.3 Å². The Kier molecular flexibility index (Phi) is 5.55. The maximum Gasteiger partial charge on any atom is 0.254 e. The van der Waals surface area contributed by atoms with Gasteiger partial charge in [-0.1, -0.05) is 43.2 Å². The van der Waals surface area contributed by atoms with Gasteiger partial charge in [0, 0.05) is 22.7 Å². The van der Waals surface area contributed by atoms with E-state index in [1.54, 1.807) is 17.5 Å². The van der Waals surface area contributed by atoms with Crippen LogP contribution in [-0.2, 0) is 11.3 Å². The monoisotopic (exact) mass is 431 g/mol. The largest absolute Gasteiger partial charge is 0.350 e. The number of fused-ring (bicyclic) bond motifs is 1. The van der Waals surface area contributed by atoms with Gasteiger partial charge in [-0.25, -0.2) is 0 Å². The number of nitrogens with zero attached hydrogens (tertiary/aromatic N) is 2. The minimum Gasteiger partial charge on any atom is -0.350 e. The third-order valence-electron chi connectivity index (χ3n) is 6.38. The molecule has 0 saturated heterocycles. The standard InChI is InChI=1S/C25H25N3O2S/c29-24(27-16-17-8-5-6-14-26-17)22-19-11-3-4-12-20(19)25(30)28(18-9-1-2-10-18)23(22)21-13-7-15-31-21/h3-8,11-15,18,22-23H,1-2,9-10,16H2,(H,27,29). The molecule has 3 aromatic rings. The lowest BCUT2D eigenvalue weighted by molar-refractivity contribution is -0.124. The molecular weight excluding hydrogens is 406 g/mol. The maximum absolute atomic E-state index is 13.6. The number of carbonyl (C=O) groups excluding carboxylic acids is 2. The maximum atomic E-state index is 13.6. The number of carbonyl (C=O) groups is 2. The summed E-state index contributed by atoms with van der Waals surface area (Å²) in [6, 6.07) is 17.2. The fourth-order valence-corrected chi connectivity index (χ4v) is 5.83. The first-order valence-corrected chi connectivity index (χ1v) is 11.7. The Hall–Kier alpha value is -2.99. The zero-order valence-electron chi connectivity index (χ0n) is 17.2. The van der Waals surface area contributed by atoms with Crippen LogP contribution in [-0.4, -0.2) is 27.7 Å². The SMILES string of the molecule is O=C(NCc1ccccn1)C1c2ccccc2C(=O)N(C2CCCC2)C1c1cccs1. The van der Waals surface area contributed by atoms with E-state index in [1.165, 1.54) is 0 Å². The molecule has 1 N–H and O–H groups in total. The number of aromatic nitrogens is 1. The van der Waals surface area contributed by atoms with Gasteiger partial charge in [0.1, 0.15) is 0 Å². The first-order chi connectivity index (χ1) is 15.2. The molecule has 2 amide bonds. The van der Waals surface area contributed by atoms with Gasteiger partial charge < -0.3 is 10.2 Å². The number of amides is 2. The Morgan fingerprint density at radius 1 is 1.06 bits per heavy atom. The molecule has 6 heteroatoms. The summed E-state index contributed by atoms with van der Waals surface area (Å²) in [6.45, 7) is 0.368. The molecule has 1 aromatic carbocycles. The lowest BCUT2D eigenvalue weighted by Crippen LogP contribution is -2.50. The minimum absolute atomic E-state index is 0.0506. The van der Waals surface area contributed by atoms with Crippen LogP contribution in [0.3, 0.4) is 0 Å². The van der Waals surface area contributed by atoms with Gasteiger partial charge in [-0.3, -0.25) is 14.6 Å². The highest BCUT2D eigenvalue weighted by Crippen LogP contribution is 2.47. The van der Waals surface area contributed by atoms with E-state index in [4.69, 9.17) is 0 Å². The Bertz CT molecular complexity index is 1060. The molecule has 2 aromatic heterocycles. The quantitative estimate of drug-likeness (QED) is 0.638. The summed E-state index contributed by atoms with van der Waals surface area (Å²) in [5.41, 5.74) is 2.29. The molecule has 158 valence electrons. The van der Waals surface area contributed by atoms with Crippen LogP contribution in [0.1, 0.15) is 64.1 Å². The van der Waals surface area contributed by atoms with E-state index < -0.39 is 5.92 Å². The molecule has 31 heavy (non-hydrogen) atoms. The number of thiophene rings is 1. The molecule has 3 heterocycles. The molecule has 0 spiro atoms. The van der Waals surface area contributed by atoms with Crippen molar-refractivity contribution in [3.8, 4) is 0 Å². The third-order valence-corrected chi connectivity index (χ3v) is 7.32. The summed E-state index contributed by atoms with van der Waals surface area (Å²) in [7, 11) is 0. The predicted octanol–water partition coefficient (Wildman–Crippen LogP) is 4.68. The van der Waals surface area contributed by atoms with Crippen LogP contribution in [0.2, 0.25) is 0 Å². The van der Waals surface area contributed by atoms with Crippen molar-refractivity contribution in [2.24, 2.45) is 0 Å². The molecule has 2 unspecified atom stereocenters. The van der Waals surface area contributed by atoms with Crippen molar-refractivity contribution in [3.63, 3.8) is 0 Å². The number of hydrogen-bond donors (Lipinski definition) is 1. The number of pyridine rings is 1. The van der Waals surface area contributed by atoms with Crippen molar-refractivity contribution in [2.45, 2.75) is 50.2 Å². The third kappa shape index (κ3) is 3.76. The smallest absolute Gasteiger partial charge is 0.254 e. The molecule has 5 nitrogen and oxygen atoms in total. The van der Waals surface area contributed by atoms with E-state index in [0.717, 1.165) is 41.8 Å². The number of rotatable bonds is 5. The normalized spacial score (nSPS) is 21.2. The van der Waals surface area contributed by atoms with Crippen LogP contribution in [0.5, 0.6) is 0 Å². The molecule has 1 aliphatic carbocycles.